The Balaban J connectivity index is 0.731. The molecule has 2 aromatic heterocycles. The van der Waals surface area contributed by atoms with Crippen molar-refractivity contribution >= 4 is 80.3 Å². The zero-order valence-electron chi connectivity index (χ0n) is 43.3. The molecule has 26 nitrogen and oxygen atoms in total. The Morgan fingerprint density at radius 1 is 0.900 bits per heavy atom. The standard InChI is InChI=1S/C50H59N10O16P3S/c1-57(48(63)31-12-3-2-11-30(31)38-34-23-28-9-4-19-58-21-6-13-32(40(28)58)43(34)73-44-33-14-7-22-59-20-5-10-29(41(33)59)24-35(38)44)18-8-15-37(61)52-16-17-53-50(64)74-45-42(62)36(25-71-77(65,66)75-78(67,68)76-79(69,70)80)72-49(45)60-27-56-39-46(51)54-26-55-47(39)60/h2-3,11-12,23-24,26-27,36,42,45,49,62H,4-10,13-22,25H2,1H3,(H7-,51,52,53,54,55,61,64,65,66,67,68,69,70,80)/p+1/t36-,42-,45-,49-/m1/s1. The van der Waals surface area contributed by atoms with Crippen molar-refractivity contribution in [3.8, 4) is 11.5 Å². The number of ether oxygens (including phenoxy) is 3. The normalized spacial score (nSPS) is 21.5. The average molecular weight is 1180 g/mol. The number of hydrogen-bond acceptors (Lipinski definition) is 18. The fourth-order valence-corrected chi connectivity index (χ4v) is 15.6. The molecule has 3 amide bonds. The predicted octanol–water partition coefficient (Wildman–Crippen LogP) is 2.33. The van der Waals surface area contributed by atoms with Crippen LogP contribution in [0.2, 0.25) is 0 Å². The number of imidazole rings is 1. The first kappa shape index (κ1) is 56.1. The van der Waals surface area contributed by atoms with Gasteiger partial charge in [0.2, 0.25) is 11.3 Å². The van der Waals surface area contributed by atoms with Crippen LogP contribution in [0.25, 0.3) is 16.7 Å². The molecule has 8 heterocycles. The fourth-order valence-electron chi connectivity index (χ4n) is 11.8. The van der Waals surface area contributed by atoms with E-state index in [0.717, 1.165) is 117 Å². The quantitative estimate of drug-likeness (QED) is 0.0348. The van der Waals surface area contributed by atoms with E-state index in [-0.39, 0.29) is 54.9 Å². The lowest BCUT2D eigenvalue weighted by atomic mass is 9.81. The molecule has 11 rings (SSSR count). The third-order valence-electron chi connectivity index (χ3n) is 15.1. The van der Waals surface area contributed by atoms with E-state index in [4.69, 9.17) is 24.5 Å². The van der Waals surface area contributed by atoms with Crippen LogP contribution in [0.1, 0.15) is 88.5 Å². The number of amides is 3. The maximum absolute atomic E-state index is 14.7. The topological polar surface area (TPSA) is 345 Å². The summed E-state index contributed by atoms with van der Waals surface area (Å²) in [6.45, 7) is -1.65. The minimum absolute atomic E-state index is 0.0179. The molecule has 6 aliphatic rings. The lowest BCUT2D eigenvalue weighted by Crippen LogP contribution is -2.45. The number of benzene rings is 3. The van der Waals surface area contributed by atoms with Crippen LogP contribution in [0, 0.1) is 0 Å². The molecule has 0 saturated carbocycles. The van der Waals surface area contributed by atoms with E-state index in [1.165, 1.54) is 44.2 Å². The zero-order valence-corrected chi connectivity index (χ0v) is 46.8. The first-order valence-electron chi connectivity index (χ1n) is 26.3. The second-order valence-electron chi connectivity index (χ2n) is 20.4. The highest BCUT2D eigenvalue weighted by atomic mass is 32.5. The number of aliphatic hydroxyl groups is 1. The van der Waals surface area contributed by atoms with E-state index in [1.54, 1.807) is 11.9 Å². The Bertz CT molecular complexity index is 3620. The number of aromatic nitrogens is 4. The molecular weight excluding hydrogens is 1120 g/mol. The van der Waals surface area contributed by atoms with Gasteiger partial charge in [0.1, 0.15) is 48.6 Å². The van der Waals surface area contributed by atoms with Gasteiger partial charge < -0.3 is 65.1 Å². The number of fused-ring (bicyclic) bond motifs is 5. The second kappa shape index (κ2) is 22.5. The zero-order chi connectivity index (χ0) is 56.3. The first-order valence-corrected chi connectivity index (χ1v) is 31.9. The maximum Gasteiger partial charge on any atom is 0.488 e. The molecule has 1 fully saturated rings. The van der Waals surface area contributed by atoms with Crippen molar-refractivity contribution in [2.45, 2.75) is 88.7 Å². The molecule has 6 aliphatic heterocycles. The Labute approximate surface area is 462 Å². The van der Waals surface area contributed by atoms with Gasteiger partial charge in [0.25, 0.3) is 5.91 Å². The summed E-state index contributed by atoms with van der Waals surface area (Å²) >= 11 is 4.10. The number of aryl methyl sites for hydroxylation is 2. The van der Waals surface area contributed by atoms with Crippen LogP contribution in [-0.2, 0) is 74.0 Å². The van der Waals surface area contributed by atoms with Gasteiger partial charge in [-0.25, -0.2) is 37.8 Å². The maximum atomic E-state index is 14.7. The first-order chi connectivity index (χ1) is 38.2. The van der Waals surface area contributed by atoms with Gasteiger partial charge in [-0.15, -0.1) is 0 Å². The molecule has 2 unspecified atom stereocenters. The van der Waals surface area contributed by atoms with Crippen LogP contribution < -0.4 is 41.2 Å². The van der Waals surface area contributed by atoms with Gasteiger partial charge in [0.15, 0.2) is 23.8 Å². The molecule has 0 bridgehead atoms. The number of carbonyl (C=O) groups excluding carboxylic acids is 3. The summed E-state index contributed by atoms with van der Waals surface area (Å²) in [5, 5.41) is 18.9. The number of nitrogen functional groups attached to an aromatic ring is 1. The summed E-state index contributed by atoms with van der Waals surface area (Å²) in [7, 11) is -9.49. The summed E-state index contributed by atoms with van der Waals surface area (Å²) in [5.41, 5.74) is 16.1. The third-order valence-corrected chi connectivity index (χ3v) is 19.5. The van der Waals surface area contributed by atoms with Crippen LogP contribution >= 0.6 is 22.4 Å². The van der Waals surface area contributed by atoms with Gasteiger partial charge in [-0.2, -0.15) is 4.31 Å². The van der Waals surface area contributed by atoms with E-state index in [0.29, 0.717) is 12.0 Å². The number of anilines is 2. The molecule has 3 aromatic carbocycles. The third kappa shape index (κ3) is 11.4. The van der Waals surface area contributed by atoms with E-state index >= 15 is 0 Å². The largest absolute Gasteiger partial charge is 0.488 e. The number of aliphatic hydroxyl groups excluding tert-OH is 1. The van der Waals surface area contributed by atoms with Crippen molar-refractivity contribution < 1.29 is 75.5 Å². The van der Waals surface area contributed by atoms with Crippen molar-refractivity contribution in [2.24, 2.45) is 0 Å². The summed E-state index contributed by atoms with van der Waals surface area (Å²) in [4.78, 5) is 95.5. The number of nitrogens with two attached hydrogens (primary N) is 1. The summed E-state index contributed by atoms with van der Waals surface area (Å²) in [5.74, 6) is 1.27. The number of carbonyl (C=O) groups is 3. The number of phosphoric ester groups is 1. The highest BCUT2D eigenvalue weighted by Crippen LogP contribution is 2.66. The van der Waals surface area contributed by atoms with Crippen molar-refractivity contribution in [3.63, 3.8) is 0 Å². The van der Waals surface area contributed by atoms with Crippen LogP contribution in [0.3, 0.4) is 0 Å². The fraction of sp³-hybridized carbons (Fsp3) is 0.460. The molecule has 6 atom stereocenters. The van der Waals surface area contributed by atoms with Gasteiger partial charge >= 0.3 is 28.5 Å². The van der Waals surface area contributed by atoms with E-state index in [2.05, 4.69) is 67.6 Å². The van der Waals surface area contributed by atoms with Gasteiger partial charge in [-0.1, -0.05) is 18.2 Å². The molecule has 9 N–H and O–H groups in total. The van der Waals surface area contributed by atoms with Crippen molar-refractivity contribution in [1.82, 2.24) is 39.6 Å². The van der Waals surface area contributed by atoms with Crippen LogP contribution in [0.15, 0.2) is 49.1 Å². The Kier molecular flexibility index (Phi) is 15.8. The van der Waals surface area contributed by atoms with Gasteiger partial charge in [-0.3, -0.25) is 18.7 Å². The van der Waals surface area contributed by atoms with Gasteiger partial charge in [0, 0.05) is 97.8 Å². The lowest BCUT2D eigenvalue weighted by molar-refractivity contribution is -0.121. The molecule has 5 aromatic rings. The van der Waals surface area contributed by atoms with Crippen molar-refractivity contribution in [1.29, 1.82) is 0 Å². The van der Waals surface area contributed by atoms with Crippen LogP contribution in [0.5, 0.6) is 11.5 Å². The van der Waals surface area contributed by atoms with Crippen LogP contribution in [-0.4, -0.2) is 145 Å². The molecule has 30 heteroatoms. The Morgan fingerprint density at radius 3 is 2.44 bits per heavy atom. The summed E-state index contributed by atoms with van der Waals surface area (Å²) < 4.78 is 59.7. The lowest BCUT2D eigenvalue weighted by Gasteiger charge is -2.39. The van der Waals surface area contributed by atoms with Crippen molar-refractivity contribution in [2.75, 3.05) is 70.1 Å². The van der Waals surface area contributed by atoms with Gasteiger partial charge in [0.05, 0.1) is 18.5 Å². The minimum Gasteiger partial charge on any atom is -0.455 e. The average Bonchev–Trinajstić information content (AvgIpc) is 2.29. The molecular formula is C50H60N10O16P3S+. The number of nitrogens with one attached hydrogen (secondary N) is 2. The van der Waals surface area contributed by atoms with Crippen LogP contribution in [0.4, 0.5) is 16.3 Å². The highest BCUT2D eigenvalue weighted by molar-refractivity contribution is 8.08. The molecule has 0 aliphatic carbocycles. The molecule has 426 valence electrons. The number of rotatable bonds is 18. The second-order valence-corrected chi connectivity index (χ2v) is 26.2. The summed E-state index contributed by atoms with van der Waals surface area (Å²) in [6.07, 6.45) is 3.23. The monoisotopic (exact) mass is 1180 g/mol. The highest BCUT2D eigenvalue weighted by Gasteiger charge is 2.50. The van der Waals surface area contributed by atoms with E-state index < -0.39 is 59.6 Å². The molecule has 0 spiro atoms. The molecule has 1 saturated heterocycles. The predicted molar refractivity (Wildman–Crippen MR) is 290 cm³/mol. The van der Waals surface area contributed by atoms with Gasteiger partial charge in [-0.05, 0) is 86.1 Å². The van der Waals surface area contributed by atoms with E-state index in [9.17, 15) is 48.2 Å². The smallest absolute Gasteiger partial charge is 0.455 e. The molecule has 0 radical (unpaired) electrons. The summed E-state index contributed by atoms with van der Waals surface area (Å²) in [6, 6.07) is 12.4. The van der Waals surface area contributed by atoms with Crippen molar-refractivity contribution in [3.05, 3.63) is 98.6 Å². The van der Waals surface area contributed by atoms with E-state index in [1.807, 2.05) is 24.3 Å². The number of nitrogens with zero attached hydrogens (tertiary/aromatic N) is 7. The Morgan fingerprint density at radius 2 is 1.64 bits per heavy atom. The number of phosphoric acid groups is 2. The minimum atomic E-state index is -5.66. The molecule has 80 heavy (non-hydrogen) atoms. The number of hydrogen-bond donors (Lipinski definition) is 8. The number of alkyl carbamates (subject to hydrolysis) is 1. The SMILES string of the molecule is CN(CCCC(=O)NCCNC(=O)O[C@@H]1[C@H](O)[C@@H](COP(=O)(O)OP(=O)(O)OP(O)(O)=S)O[C@H]1n1cnc2c(N)ncnc21)C(=O)c1ccccc1C1=c2cc3c4c(c2Oc2c1cc1c5c2CCCN5CCC1)CCC[N+]=4CCC3. The Hall–Kier alpha value is -5.76.